The van der Waals surface area contributed by atoms with Crippen LogP contribution in [0.4, 0.5) is 5.69 Å². The Bertz CT molecular complexity index is 663. The third-order valence-electron chi connectivity index (χ3n) is 2.69. The normalized spacial score (nSPS) is 10.6. The molecule has 0 saturated heterocycles. The fourth-order valence-electron chi connectivity index (χ4n) is 1.79. The van der Waals surface area contributed by atoms with Crippen molar-refractivity contribution in [1.29, 1.82) is 0 Å². The van der Waals surface area contributed by atoms with Crippen molar-refractivity contribution in [1.82, 2.24) is 15.2 Å². The average molecular weight is 291 g/mol. The molecule has 0 atom stereocenters. The van der Waals surface area contributed by atoms with Crippen molar-refractivity contribution in [3.8, 4) is 10.6 Å². The second-order valence-corrected chi connectivity index (χ2v) is 5.30. The fraction of sp³-hybridized carbons (Fsp3) is 0.0769. The van der Waals surface area contributed by atoms with E-state index in [0.717, 1.165) is 16.9 Å². The third-order valence-corrected chi connectivity index (χ3v) is 3.79. The van der Waals surface area contributed by atoms with Crippen LogP contribution in [0.15, 0.2) is 42.0 Å². The van der Waals surface area contributed by atoms with E-state index in [9.17, 15) is 0 Å². The van der Waals surface area contributed by atoms with E-state index in [4.69, 9.17) is 11.6 Å². The van der Waals surface area contributed by atoms with E-state index in [-0.39, 0.29) is 0 Å². The fourth-order valence-corrected chi connectivity index (χ4v) is 2.72. The molecular formula is C13H11ClN4S. The first-order valence-electron chi connectivity index (χ1n) is 5.74. The van der Waals surface area contributed by atoms with Crippen LogP contribution in [-0.4, -0.2) is 15.2 Å². The minimum absolute atomic E-state index is 0.482. The zero-order valence-electron chi connectivity index (χ0n) is 9.93. The summed E-state index contributed by atoms with van der Waals surface area (Å²) in [5.74, 6) is 0. The predicted molar refractivity (Wildman–Crippen MR) is 78.5 cm³/mol. The molecular weight excluding hydrogens is 280 g/mol. The number of pyridine rings is 1. The number of hydrogen-bond acceptors (Lipinski definition) is 4. The highest BCUT2D eigenvalue weighted by Crippen LogP contribution is 2.26. The molecule has 0 fully saturated rings. The zero-order chi connectivity index (χ0) is 13.1. The van der Waals surface area contributed by atoms with Gasteiger partial charge in [0.1, 0.15) is 5.15 Å². The maximum atomic E-state index is 5.85. The van der Waals surface area contributed by atoms with E-state index >= 15 is 0 Å². The SMILES string of the molecule is Clc1cc(NCc2cn[nH]c2-c2cccs2)ccn1. The smallest absolute Gasteiger partial charge is 0.131 e. The molecule has 0 bridgehead atoms. The minimum atomic E-state index is 0.482. The summed E-state index contributed by atoms with van der Waals surface area (Å²) in [7, 11) is 0. The average Bonchev–Trinajstić information content (AvgIpc) is 3.07. The number of thiophene rings is 1. The van der Waals surface area contributed by atoms with Crippen LogP contribution in [0.2, 0.25) is 5.15 Å². The molecule has 3 rings (SSSR count). The first-order valence-corrected chi connectivity index (χ1v) is 7.00. The highest BCUT2D eigenvalue weighted by Gasteiger charge is 2.08. The number of rotatable bonds is 4. The van der Waals surface area contributed by atoms with Crippen LogP contribution < -0.4 is 5.32 Å². The Morgan fingerprint density at radius 3 is 3.11 bits per heavy atom. The van der Waals surface area contributed by atoms with Crippen LogP contribution in [-0.2, 0) is 6.54 Å². The van der Waals surface area contributed by atoms with E-state index in [1.165, 1.54) is 4.88 Å². The van der Waals surface area contributed by atoms with Gasteiger partial charge in [0.25, 0.3) is 0 Å². The molecule has 0 aromatic carbocycles. The molecule has 0 saturated carbocycles. The lowest BCUT2D eigenvalue weighted by Crippen LogP contribution is -1.99. The second-order valence-electron chi connectivity index (χ2n) is 3.97. The molecule has 0 aliphatic carbocycles. The summed E-state index contributed by atoms with van der Waals surface area (Å²) in [6.07, 6.45) is 3.52. The predicted octanol–water partition coefficient (Wildman–Crippen LogP) is 3.80. The lowest BCUT2D eigenvalue weighted by atomic mass is 10.2. The molecule has 3 aromatic heterocycles. The summed E-state index contributed by atoms with van der Waals surface area (Å²) in [4.78, 5) is 5.13. The summed E-state index contributed by atoms with van der Waals surface area (Å²) in [6, 6.07) is 7.79. The van der Waals surface area contributed by atoms with Gasteiger partial charge in [-0.2, -0.15) is 5.10 Å². The number of halogens is 1. The van der Waals surface area contributed by atoms with Crippen molar-refractivity contribution < 1.29 is 0 Å². The zero-order valence-corrected chi connectivity index (χ0v) is 11.5. The highest BCUT2D eigenvalue weighted by atomic mass is 35.5. The van der Waals surface area contributed by atoms with Gasteiger partial charge in [0, 0.05) is 24.0 Å². The van der Waals surface area contributed by atoms with Gasteiger partial charge in [0.2, 0.25) is 0 Å². The monoisotopic (exact) mass is 290 g/mol. The Kier molecular flexibility index (Phi) is 3.48. The molecule has 0 amide bonds. The molecule has 96 valence electrons. The van der Waals surface area contributed by atoms with E-state index in [1.54, 1.807) is 23.6 Å². The number of H-pyrrole nitrogens is 1. The Labute approximate surface area is 119 Å². The first kappa shape index (κ1) is 12.2. The molecule has 6 heteroatoms. The number of nitrogens with zero attached hydrogens (tertiary/aromatic N) is 2. The minimum Gasteiger partial charge on any atom is -0.381 e. The van der Waals surface area contributed by atoms with Crippen LogP contribution in [0.1, 0.15) is 5.56 Å². The van der Waals surface area contributed by atoms with Gasteiger partial charge in [-0.1, -0.05) is 17.7 Å². The van der Waals surface area contributed by atoms with E-state index < -0.39 is 0 Å². The summed E-state index contributed by atoms with van der Waals surface area (Å²) >= 11 is 7.54. The Hall–Kier alpha value is -1.85. The standard InChI is InChI=1S/C13H11ClN4S/c14-12-6-10(3-4-15-12)16-7-9-8-17-18-13(9)11-2-1-5-19-11/h1-6,8H,7H2,(H,15,16)(H,17,18). The van der Waals surface area contributed by atoms with Gasteiger partial charge >= 0.3 is 0 Å². The van der Waals surface area contributed by atoms with Crippen molar-refractivity contribution in [2.45, 2.75) is 6.54 Å². The van der Waals surface area contributed by atoms with E-state index in [1.807, 2.05) is 18.3 Å². The van der Waals surface area contributed by atoms with Crippen molar-refractivity contribution in [3.05, 3.63) is 52.8 Å². The second kappa shape index (κ2) is 5.42. The maximum absolute atomic E-state index is 5.85. The summed E-state index contributed by atoms with van der Waals surface area (Å²) < 4.78 is 0. The summed E-state index contributed by atoms with van der Waals surface area (Å²) in [5.41, 5.74) is 3.12. The van der Waals surface area contributed by atoms with Gasteiger partial charge < -0.3 is 5.32 Å². The van der Waals surface area contributed by atoms with Crippen LogP contribution in [0.3, 0.4) is 0 Å². The number of hydrogen-bond donors (Lipinski definition) is 2. The van der Waals surface area contributed by atoms with Crippen LogP contribution >= 0.6 is 22.9 Å². The molecule has 3 aromatic rings. The lowest BCUT2D eigenvalue weighted by Gasteiger charge is -2.06. The van der Waals surface area contributed by atoms with Crippen molar-refractivity contribution >= 4 is 28.6 Å². The summed E-state index contributed by atoms with van der Waals surface area (Å²) in [5, 5.41) is 13.0. The van der Waals surface area contributed by atoms with Gasteiger partial charge in [0.05, 0.1) is 16.8 Å². The topological polar surface area (TPSA) is 53.6 Å². The van der Waals surface area contributed by atoms with Gasteiger partial charge in [-0.15, -0.1) is 11.3 Å². The molecule has 3 heterocycles. The first-order chi connectivity index (χ1) is 9.33. The molecule has 0 radical (unpaired) electrons. The highest BCUT2D eigenvalue weighted by molar-refractivity contribution is 7.13. The molecule has 0 aliphatic rings. The lowest BCUT2D eigenvalue weighted by molar-refractivity contribution is 1.10. The van der Waals surface area contributed by atoms with Crippen molar-refractivity contribution in [3.63, 3.8) is 0 Å². The van der Waals surface area contributed by atoms with Crippen molar-refractivity contribution in [2.24, 2.45) is 0 Å². The Morgan fingerprint density at radius 2 is 2.32 bits per heavy atom. The molecule has 4 nitrogen and oxygen atoms in total. The summed E-state index contributed by atoms with van der Waals surface area (Å²) in [6.45, 7) is 0.685. The quantitative estimate of drug-likeness (QED) is 0.719. The third kappa shape index (κ3) is 2.77. The number of aromatic amines is 1. The van der Waals surface area contributed by atoms with E-state index in [0.29, 0.717) is 11.7 Å². The maximum Gasteiger partial charge on any atom is 0.131 e. The molecule has 0 unspecified atom stereocenters. The Morgan fingerprint density at radius 1 is 1.37 bits per heavy atom. The van der Waals surface area contributed by atoms with Gasteiger partial charge in [-0.05, 0) is 23.6 Å². The van der Waals surface area contributed by atoms with Gasteiger partial charge in [-0.3, -0.25) is 5.10 Å². The Balaban J connectivity index is 1.76. The molecule has 0 aliphatic heterocycles. The van der Waals surface area contributed by atoms with Gasteiger partial charge in [0.15, 0.2) is 0 Å². The van der Waals surface area contributed by atoms with Crippen molar-refractivity contribution in [2.75, 3.05) is 5.32 Å². The van der Waals surface area contributed by atoms with E-state index in [2.05, 4.69) is 31.9 Å². The van der Waals surface area contributed by atoms with Crippen LogP contribution in [0, 0.1) is 0 Å². The molecule has 2 N–H and O–H groups in total. The largest absolute Gasteiger partial charge is 0.381 e. The molecule has 0 spiro atoms. The number of anilines is 1. The van der Waals surface area contributed by atoms with Crippen LogP contribution in [0.25, 0.3) is 10.6 Å². The number of nitrogens with one attached hydrogen (secondary N) is 2. The van der Waals surface area contributed by atoms with Crippen LogP contribution in [0.5, 0.6) is 0 Å². The number of aromatic nitrogens is 3. The molecule has 19 heavy (non-hydrogen) atoms. The van der Waals surface area contributed by atoms with Gasteiger partial charge in [-0.25, -0.2) is 4.98 Å².